The molecule has 1 atom stereocenters. The molecule has 0 unspecified atom stereocenters. The van der Waals surface area contributed by atoms with Gasteiger partial charge in [0.15, 0.2) is 0 Å². The summed E-state index contributed by atoms with van der Waals surface area (Å²) >= 11 is 6.94. The van der Waals surface area contributed by atoms with Gasteiger partial charge in [-0.15, -0.1) is 11.8 Å². The van der Waals surface area contributed by atoms with Crippen LogP contribution in [0.5, 0.6) is 0 Å². The minimum Gasteiger partial charge on any atom is -0.337 e. The summed E-state index contributed by atoms with van der Waals surface area (Å²) in [4.78, 5) is 12.6. The van der Waals surface area contributed by atoms with E-state index in [9.17, 15) is 9.18 Å². The highest BCUT2D eigenvalue weighted by atomic mass is 35.5. The van der Waals surface area contributed by atoms with Crippen LogP contribution in [0.1, 0.15) is 19.8 Å². The van der Waals surface area contributed by atoms with Crippen LogP contribution in [0.15, 0.2) is 23.1 Å². The Bertz CT molecular complexity index is 571. The monoisotopic (exact) mass is 312 g/mol. The number of carbonyl (C=O) groups is 1. The Hall–Kier alpha value is -1.25. The second kappa shape index (κ2) is 6.02. The second-order valence-electron chi connectivity index (χ2n) is 5.00. The van der Waals surface area contributed by atoms with Gasteiger partial charge in [0.1, 0.15) is 11.4 Å². The van der Waals surface area contributed by atoms with Gasteiger partial charge in [-0.25, -0.2) is 4.39 Å². The van der Waals surface area contributed by atoms with Crippen molar-refractivity contribution in [1.29, 1.82) is 5.26 Å². The van der Waals surface area contributed by atoms with Gasteiger partial charge in [0, 0.05) is 4.90 Å². The molecule has 0 radical (unpaired) electrons. The van der Waals surface area contributed by atoms with Crippen molar-refractivity contribution in [2.75, 3.05) is 5.75 Å². The van der Waals surface area contributed by atoms with E-state index in [1.54, 1.807) is 13.0 Å². The summed E-state index contributed by atoms with van der Waals surface area (Å²) in [7, 11) is 0. The standard InChI is InChI=1S/C14H14ClFN2OS/c1-14(8-17,9-2-3-9)18-13(19)7-20-10-4-5-12(16)11(15)6-10/h4-6,9H,2-3,7H2,1H3,(H,18,19)/t14-/m0/s1. The van der Waals surface area contributed by atoms with E-state index in [-0.39, 0.29) is 22.6 Å². The molecule has 1 N–H and O–H groups in total. The number of hydrogen-bond acceptors (Lipinski definition) is 3. The first-order valence-corrected chi connectivity index (χ1v) is 7.61. The lowest BCUT2D eigenvalue weighted by Crippen LogP contribution is -2.47. The minimum absolute atomic E-state index is 0.0373. The van der Waals surface area contributed by atoms with E-state index in [0.717, 1.165) is 17.7 Å². The van der Waals surface area contributed by atoms with Crippen molar-refractivity contribution in [3.8, 4) is 6.07 Å². The van der Waals surface area contributed by atoms with E-state index >= 15 is 0 Å². The molecule has 1 fully saturated rings. The van der Waals surface area contributed by atoms with Crippen molar-refractivity contribution in [1.82, 2.24) is 5.32 Å². The highest BCUT2D eigenvalue weighted by Crippen LogP contribution is 2.39. The summed E-state index contributed by atoms with van der Waals surface area (Å²) in [5.74, 6) is -0.259. The fourth-order valence-corrected chi connectivity index (χ4v) is 2.90. The van der Waals surface area contributed by atoms with Gasteiger partial charge in [-0.3, -0.25) is 4.79 Å². The van der Waals surface area contributed by atoms with Crippen LogP contribution in [-0.4, -0.2) is 17.2 Å². The van der Waals surface area contributed by atoms with Crippen molar-refractivity contribution >= 4 is 29.3 Å². The van der Waals surface area contributed by atoms with Crippen molar-refractivity contribution in [2.24, 2.45) is 5.92 Å². The van der Waals surface area contributed by atoms with Crippen LogP contribution in [0.4, 0.5) is 4.39 Å². The third-order valence-electron chi connectivity index (χ3n) is 3.29. The van der Waals surface area contributed by atoms with E-state index in [0.29, 0.717) is 0 Å². The highest BCUT2D eigenvalue weighted by molar-refractivity contribution is 8.00. The maximum absolute atomic E-state index is 13.0. The van der Waals surface area contributed by atoms with Crippen LogP contribution in [0.3, 0.4) is 0 Å². The molecule has 2 rings (SSSR count). The van der Waals surface area contributed by atoms with Gasteiger partial charge in [0.05, 0.1) is 16.8 Å². The highest BCUT2D eigenvalue weighted by Gasteiger charge is 2.42. The molecule has 0 aromatic heterocycles. The van der Waals surface area contributed by atoms with E-state index in [1.807, 2.05) is 0 Å². The first kappa shape index (κ1) is 15.1. The summed E-state index contributed by atoms with van der Waals surface area (Å²) in [5, 5.41) is 12.0. The Morgan fingerprint density at radius 2 is 2.35 bits per heavy atom. The molecule has 20 heavy (non-hydrogen) atoms. The average Bonchev–Trinajstić information content (AvgIpc) is 3.25. The molecule has 0 heterocycles. The molecule has 1 saturated carbocycles. The number of thioether (sulfide) groups is 1. The van der Waals surface area contributed by atoms with E-state index in [4.69, 9.17) is 16.9 Å². The molecule has 0 spiro atoms. The summed E-state index contributed by atoms with van der Waals surface area (Å²) in [6.07, 6.45) is 1.95. The molecular weight excluding hydrogens is 299 g/mol. The molecule has 1 aliphatic carbocycles. The minimum atomic E-state index is -0.780. The van der Waals surface area contributed by atoms with Gasteiger partial charge >= 0.3 is 0 Å². The normalized spacial score (nSPS) is 17.1. The maximum atomic E-state index is 13.0. The topological polar surface area (TPSA) is 52.9 Å². The summed E-state index contributed by atoms with van der Waals surface area (Å²) in [6.45, 7) is 1.75. The number of hydrogen-bond donors (Lipinski definition) is 1. The Morgan fingerprint density at radius 1 is 1.65 bits per heavy atom. The molecule has 1 amide bonds. The number of nitrogens with one attached hydrogen (secondary N) is 1. The number of nitriles is 1. The van der Waals surface area contributed by atoms with Crippen molar-refractivity contribution in [3.05, 3.63) is 29.0 Å². The predicted molar refractivity (Wildman–Crippen MR) is 77.0 cm³/mol. The third kappa shape index (κ3) is 3.65. The predicted octanol–water partition coefficient (Wildman–Crippen LogP) is 3.38. The molecular formula is C14H14ClFN2OS. The number of nitrogens with zero attached hydrogens (tertiary/aromatic N) is 1. The number of benzene rings is 1. The molecule has 1 aliphatic rings. The lowest BCUT2D eigenvalue weighted by molar-refractivity contribution is -0.119. The molecule has 3 nitrogen and oxygen atoms in total. The summed E-state index contributed by atoms with van der Waals surface area (Å²) < 4.78 is 13.0. The van der Waals surface area contributed by atoms with Gasteiger partial charge < -0.3 is 5.32 Å². The molecule has 0 saturated heterocycles. The van der Waals surface area contributed by atoms with Crippen LogP contribution in [0.25, 0.3) is 0 Å². The molecule has 1 aromatic carbocycles. The summed E-state index contributed by atoms with van der Waals surface area (Å²) in [5.41, 5.74) is -0.780. The Balaban J connectivity index is 1.89. The maximum Gasteiger partial charge on any atom is 0.231 e. The first-order valence-electron chi connectivity index (χ1n) is 6.25. The van der Waals surface area contributed by atoms with Crippen molar-refractivity contribution in [3.63, 3.8) is 0 Å². The zero-order valence-electron chi connectivity index (χ0n) is 11.0. The molecule has 0 aliphatic heterocycles. The SMILES string of the molecule is C[C@@](C#N)(NC(=O)CSc1ccc(F)c(Cl)c1)C1CC1. The quantitative estimate of drug-likeness (QED) is 0.848. The first-order chi connectivity index (χ1) is 9.44. The van der Waals surface area contributed by atoms with Crippen LogP contribution < -0.4 is 5.32 Å². The van der Waals surface area contributed by atoms with Crippen LogP contribution in [-0.2, 0) is 4.79 Å². The third-order valence-corrected chi connectivity index (χ3v) is 4.57. The Morgan fingerprint density at radius 3 is 2.90 bits per heavy atom. The smallest absolute Gasteiger partial charge is 0.231 e. The largest absolute Gasteiger partial charge is 0.337 e. The van der Waals surface area contributed by atoms with E-state index < -0.39 is 11.4 Å². The van der Waals surface area contributed by atoms with Crippen LogP contribution >= 0.6 is 23.4 Å². The fraction of sp³-hybridized carbons (Fsp3) is 0.429. The lowest BCUT2D eigenvalue weighted by Gasteiger charge is -2.22. The zero-order chi connectivity index (χ0) is 14.8. The fourth-order valence-electron chi connectivity index (χ4n) is 1.92. The molecule has 0 bridgehead atoms. The number of halogens is 2. The Kier molecular flexibility index (Phi) is 4.56. The molecule has 6 heteroatoms. The van der Waals surface area contributed by atoms with Crippen LogP contribution in [0, 0.1) is 23.1 Å². The van der Waals surface area contributed by atoms with Crippen molar-refractivity contribution in [2.45, 2.75) is 30.2 Å². The van der Waals surface area contributed by atoms with E-state index in [1.165, 1.54) is 23.9 Å². The van der Waals surface area contributed by atoms with Gasteiger partial charge in [-0.2, -0.15) is 5.26 Å². The second-order valence-corrected chi connectivity index (χ2v) is 6.46. The molecule has 1 aromatic rings. The lowest BCUT2D eigenvalue weighted by atomic mass is 9.98. The van der Waals surface area contributed by atoms with Gasteiger partial charge in [0.2, 0.25) is 5.91 Å². The van der Waals surface area contributed by atoms with E-state index in [2.05, 4.69) is 11.4 Å². The van der Waals surface area contributed by atoms with Gasteiger partial charge in [0.25, 0.3) is 0 Å². The summed E-state index contributed by atoms with van der Waals surface area (Å²) in [6, 6.07) is 6.50. The van der Waals surface area contributed by atoms with Gasteiger partial charge in [-0.05, 0) is 43.9 Å². The van der Waals surface area contributed by atoms with Crippen molar-refractivity contribution < 1.29 is 9.18 Å². The van der Waals surface area contributed by atoms with Gasteiger partial charge in [-0.1, -0.05) is 11.6 Å². The average molecular weight is 313 g/mol. The number of rotatable bonds is 5. The zero-order valence-corrected chi connectivity index (χ0v) is 12.5. The molecule has 106 valence electrons. The number of carbonyl (C=O) groups excluding carboxylic acids is 1. The van der Waals surface area contributed by atoms with Crippen LogP contribution in [0.2, 0.25) is 5.02 Å². The Labute approximate surface area is 126 Å². The number of amides is 1.